The summed E-state index contributed by atoms with van der Waals surface area (Å²) in [6.07, 6.45) is 8.57. The molecule has 0 aromatic heterocycles. The van der Waals surface area contributed by atoms with Crippen LogP contribution in [0.1, 0.15) is 73.1 Å². The number of hydrogen-bond acceptors (Lipinski definition) is 0. The Bertz CT molecular complexity index is 174. The van der Waals surface area contributed by atoms with E-state index in [0.717, 1.165) is 11.3 Å². The molecule has 1 unspecified atom stereocenters. The van der Waals surface area contributed by atoms with E-state index >= 15 is 0 Å². The standard InChI is InChI=1S/C14H28/c1-6-9-13(10-7-2)11-14(13,8-3)12(4)5/h12H,6-11H2,1-5H3. The summed E-state index contributed by atoms with van der Waals surface area (Å²) in [4.78, 5) is 0. The summed E-state index contributed by atoms with van der Waals surface area (Å²) in [5, 5.41) is 0. The van der Waals surface area contributed by atoms with Crippen LogP contribution in [-0.2, 0) is 0 Å². The van der Waals surface area contributed by atoms with Gasteiger partial charge in [-0.25, -0.2) is 0 Å². The van der Waals surface area contributed by atoms with Crippen LogP contribution in [-0.4, -0.2) is 0 Å². The number of rotatable bonds is 6. The molecule has 1 rings (SSSR count). The van der Waals surface area contributed by atoms with Crippen molar-refractivity contribution in [2.75, 3.05) is 0 Å². The maximum atomic E-state index is 2.43. The van der Waals surface area contributed by atoms with Gasteiger partial charge >= 0.3 is 0 Å². The van der Waals surface area contributed by atoms with E-state index in [0.29, 0.717) is 5.41 Å². The fourth-order valence-electron chi connectivity index (χ4n) is 4.04. The smallest absolute Gasteiger partial charge is 0.0215 e. The van der Waals surface area contributed by atoms with Gasteiger partial charge in [-0.1, -0.05) is 47.5 Å². The highest BCUT2D eigenvalue weighted by Crippen LogP contribution is 2.73. The molecule has 0 amide bonds. The topological polar surface area (TPSA) is 0 Å². The van der Waals surface area contributed by atoms with Gasteiger partial charge in [-0.3, -0.25) is 0 Å². The van der Waals surface area contributed by atoms with E-state index in [9.17, 15) is 0 Å². The van der Waals surface area contributed by atoms with Crippen molar-refractivity contribution in [3.8, 4) is 0 Å². The average Bonchev–Trinajstić information content (AvgIpc) is 2.76. The maximum Gasteiger partial charge on any atom is -0.0215 e. The molecule has 0 nitrogen and oxygen atoms in total. The predicted octanol–water partition coefficient (Wildman–Crippen LogP) is 5.03. The zero-order valence-corrected chi connectivity index (χ0v) is 10.8. The molecular weight excluding hydrogens is 168 g/mol. The van der Waals surface area contributed by atoms with Crippen LogP contribution < -0.4 is 0 Å². The van der Waals surface area contributed by atoms with Crippen LogP contribution >= 0.6 is 0 Å². The lowest BCUT2D eigenvalue weighted by atomic mass is 9.77. The normalized spacial score (nSPS) is 29.6. The lowest BCUT2D eigenvalue weighted by molar-refractivity contribution is 0.216. The van der Waals surface area contributed by atoms with Gasteiger partial charge in [0.25, 0.3) is 0 Å². The van der Waals surface area contributed by atoms with E-state index in [1.165, 1.54) is 38.5 Å². The Morgan fingerprint density at radius 3 is 1.71 bits per heavy atom. The first-order chi connectivity index (χ1) is 6.58. The molecule has 1 saturated carbocycles. The molecule has 0 heteroatoms. The summed E-state index contributed by atoms with van der Waals surface area (Å²) < 4.78 is 0. The van der Waals surface area contributed by atoms with Crippen LogP contribution in [0.2, 0.25) is 0 Å². The van der Waals surface area contributed by atoms with Crippen molar-refractivity contribution in [1.82, 2.24) is 0 Å². The van der Waals surface area contributed by atoms with Crippen LogP contribution in [0.3, 0.4) is 0 Å². The van der Waals surface area contributed by atoms with Gasteiger partial charge in [0.1, 0.15) is 0 Å². The van der Waals surface area contributed by atoms with Gasteiger partial charge in [0.2, 0.25) is 0 Å². The highest BCUT2D eigenvalue weighted by Gasteiger charge is 2.65. The highest BCUT2D eigenvalue weighted by molar-refractivity contribution is 5.14. The predicted molar refractivity (Wildman–Crippen MR) is 64.4 cm³/mol. The van der Waals surface area contributed by atoms with E-state index in [2.05, 4.69) is 34.6 Å². The molecular formula is C14H28. The van der Waals surface area contributed by atoms with Gasteiger partial charge in [0, 0.05) is 0 Å². The summed E-state index contributed by atoms with van der Waals surface area (Å²) >= 11 is 0. The van der Waals surface area contributed by atoms with Crippen molar-refractivity contribution in [1.29, 1.82) is 0 Å². The van der Waals surface area contributed by atoms with Crippen molar-refractivity contribution in [2.24, 2.45) is 16.7 Å². The second kappa shape index (κ2) is 4.24. The number of hydrogen-bond donors (Lipinski definition) is 0. The molecule has 1 aliphatic carbocycles. The van der Waals surface area contributed by atoms with Crippen LogP contribution in [0.25, 0.3) is 0 Å². The van der Waals surface area contributed by atoms with E-state index in [4.69, 9.17) is 0 Å². The molecule has 1 aliphatic rings. The monoisotopic (exact) mass is 196 g/mol. The molecule has 84 valence electrons. The fourth-order valence-corrected chi connectivity index (χ4v) is 4.04. The quantitative estimate of drug-likeness (QED) is 0.559. The molecule has 0 heterocycles. The minimum atomic E-state index is 0.707. The van der Waals surface area contributed by atoms with E-state index in [-0.39, 0.29) is 0 Å². The Hall–Kier alpha value is 0. The third kappa shape index (κ3) is 1.61. The molecule has 0 aliphatic heterocycles. The third-order valence-corrected chi connectivity index (χ3v) is 4.78. The van der Waals surface area contributed by atoms with E-state index in [1.54, 1.807) is 0 Å². The van der Waals surface area contributed by atoms with Gasteiger partial charge in [-0.05, 0) is 42.4 Å². The van der Waals surface area contributed by atoms with Crippen molar-refractivity contribution in [2.45, 2.75) is 73.1 Å². The SMILES string of the molecule is CCCC1(CCC)CC1(CC)C(C)C. The van der Waals surface area contributed by atoms with Gasteiger partial charge in [-0.2, -0.15) is 0 Å². The fraction of sp³-hybridized carbons (Fsp3) is 1.00. The first-order valence-electron chi connectivity index (χ1n) is 6.58. The molecule has 1 fully saturated rings. The lowest BCUT2D eigenvalue weighted by Crippen LogP contribution is -2.19. The summed E-state index contributed by atoms with van der Waals surface area (Å²) in [5.74, 6) is 0.880. The Balaban J connectivity index is 2.74. The van der Waals surface area contributed by atoms with Crippen molar-refractivity contribution in [3.05, 3.63) is 0 Å². The zero-order valence-electron chi connectivity index (χ0n) is 10.8. The van der Waals surface area contributed by atoms with Crippen molar-refractivity contribution < 1.29 is 0 Å². The lowest BCUT2D eigenvalue weighted by Gasteiger charge is -2.28. The summed E-state index contributed by atoms with van der Waals surface area (Å²) in [5.41, 5.74) is 1.44. The van der Waals surface area contributed by atoms with Crippen LogP contribution in [0.5, 0.6) is 0 Å². The average molecular weight is 196 g/mol. The minimum Gasteiger partial charge on any atom is -0.0654 e. The van der Waals surface area contributed by atoms with Crippen LogP contribution in [0.15, 0.2) is 0 Å². The molecule has 0 radical (unpaired) electrons. The summed E-state index contributed by atoms with van der Waals surface area (Å²) in [7, 11) is 0. The molecule has 1 atom stereocenters. The molecule has 0 spiro atoms. The minimum absolute atomic E-state index is 0.707. The van der Waals surface area contributed by atoms with Gasteiger partial charge in [0.15, 0.2) is 0 Å². The second-order valence-electron chi connectivity index (χ2n) is 5.62. The Kier molecular flexibility index (Phi) is 3.66. The Morgan fingerprint density at radius 1 is 1.00 bits per heavy atom. The van der Waals surface area contributed by atoms with Crippen LogP contribution in [0, 0.1) is 16.7 Å². The Labute approximate surface area is 90.5 Å². The molecule has 0 bridgehead atoms. The first kappa shape index (κ1) is 12.1. The third-order valence-electron chi connectivity index (χ3n) is 4.78. The molecule has 14 heavy (non-hydrogen) atoms. The summed E-state index contributed by atoms with van der Waals surface area (Å²) in [6, 6.07) is 0. The molecule has 0 saturated heterocycles. The molecule has 0 N–H and O–H groups in total. The van der Waals surface area contributed by atoms with E-state index < -0.39 is 0 Å². The van der Waals surface area contributed by atoms with Crippen LogP contribution in [0.4, 0.5) is 0 Å². The largest absolute Gasteiger partial charge is 0.0654 e. The molecule has 0 aromatic rings. The highest BCUT2D eigenvalue weighted by atomic mass is 14.7. The van der Waals surface area contributed by atoms with E-state index in [1.807, 2.05) is 0 Å². The maximum absolute atomic E-state index is 2.43. The van der Waals surface area contributed by atoms with Crippen molar-refractivity contribution >= 4 is 0 Å². The van der Waals surface area contributed by atoms with Gasteiger partial charge in [-0.15, -0.1) is 0 Å². The van der Waals surface area contributed by atoms with Gasteiger partial charge < -0.3 is 0 Å². The zero-order chi connectivity index (χ0) is 10.8. The van der Waals surface area contributed by atoms with Crippen molar-refractivity contribution in [3.63, 3.8) is 0 Å². The summed E-state index contributed by atoms with van der Waals surface area (Å²) in [6.45, 7) is 11.9. The second-order valence-corrected chi connectivity index (χ2v) is 5.62. The first-order valence-corrected chi connectivity index (χ1v) is 6.58. The van der Waals surface area contributed by atoms with Gasteiger partial charge in [0.05, 0.1) is 0 Å². The molecule has 0 aromatic carbocycles. The Morgan fingerprint density at radius 2 is 1.50 bits per heavy atom.